The predicted molar refractivity (Wildman–Crippen MR) is 137 cm³/mol. The maximum absolute atomic E-state index is 13.1. The van der Waals surface area contributed by atoms with Gasteiger partial charge in [0.15, 0.2) is 5.13 Å². The molecule has 10 heteroatoms. The van der Waals surface area contributed by atoms with Gasteiger partial charge in [-0.15, -0.1) is 22.7 Å². The lowest BCUT2D eigenvalue weighted by molar-refractivity contribution is 0.103. The Kier molecular flexibility index (Phi) is 5.41. The summed E-state index contributed by atoms with van der Waals surface area (Å²) in [6, 6.07) is 15.4. The van der Waals surface area contributed by atoms with Crippen LogP contribution in [0.15, 0.2) is 54.0 Å². The van der Waals surface area contributed by atoms with Crippen molar-refractivity contribution in [1.82, 2.24) is 15.0 Å². The number of nitrogens with zero attached hydrogens (tertiary/aromatic N) is 4. The molecule has 0 spiro atoms. The third kappa shape index (κ3) is 3.73. The number of carbonyl (C=O) groups excluding carboxylic acids is 1. The standard InChI is InChI=1S/C24H17N7OS2/c1-12-5-7-13(8-6-12)17-14(10-25)21(27)30-23-18(17)19(26)20(34-23)22(32)31-24-29-16(11-33-24)15-4-2-3-9-28-15/h2-9,11H,26H2,1H3,(H2,27,30)(H,29,31,32). The SMILES string of the molecule is Cc1ccc(-c2c(C#N)c(N)nc3sc(C(=O)Nc4nc(-c5ccccn5)cs4)c(N)c23)cc1. The Labute approximate surface area is 202 Å². The zero-order chi connectivity index (χ0) is 23.8. The van der Waals surface area contributed by atoms with Gasteiger partial charge in [-0.25, -0.2) is 9.97 Å². The van der Waals surface area contributed by atoms with Gasteiger partial charge in [0.05, 0.1) is 11.4 Å². The fourth-order valence-electron chi connectivity index (χ4n) is 3.58. The average molecular weight is 484 g/mol. The van der Waals surface area contributed by atoms with Crippen LogP contribution in [0.3, 0.4) is 0 Å². The van der Waals surface area contributed by atoms with Crippen LogP contribution in [0.25, 0.3) is 32.7 Å². The van der Waals surface area contributed by atoms with E-state index in [1.807, 2.05) is 54.8 Å². The molecule has 5 aromatic rings. The Morgan fingerprint density at radius 1 is 1.09 bits per heavy atom. The number of hydrogen-bond acceptors (Lipinski definition) is 9. The van der Waals surface area contributed by atoms with Gasteiger partial charge in [0.1, 0.15) is 32.9 Å². The molecule has 0 fully saturated rings. The minimum atomic E-state index is -0.408. The fourth-order valence-corrected chi connectivity index (χ4v) is 5.28. The molecule has 0 aliphatic rings. The summed E-state index contributed by atoms with van der Waals surface area (Å²) in [6.45, 7) is 1.98. The number of nitriles is 1. The highest BCUT2D eigenvalue weighted by Gasteiger charge is 2.24. The molecule has 1 amide bonds. The zero-order valence-electron chi connectivity index (χ0n) is 17.9. The summed E-state index contributed by atoms with van der Waals surface area (Å²) < 4.78 is 0. The number of nitrogens with two attached hydrogens (primary N) is 2. The number of aromatic nitrogens is 3. The molecule has 166 valence electrons. The Morgan fingerprint density at radius 2 is 1.88 bits per heavy atom. The number of carbonyl (C=O) groups is 1. The first-order valence-electron chi connectivity index (χ1n) is 10.1. The van der Waals surface area contributed by atoms with Crippen molar-refractivity contribution in [1.29, 1.82) is 5.26 Å². The van der Waals surface area contributed by atoms with Crippen LogP contribution in [0.1, 0.15) is 20.8 Å². The van der Waals surface area contributed by atoms with Crippen molar-refractivity contribution in [3.05, 3.63) is 70.0 Å². The number of amides is 1. The summed E-state index contributed by atoms with van der Waals surface area (Å²) in [5.74, 6) is -0.312. The van der Waals surface area contributed by atoms with E-state index >= 15 is 0 Å². The van der Waals surface area contributed by atoms with E-state index in [1.54, 1.807) is 6.20 Å². The molecule has 0 atom stereocenters. The molecule has 34 heavy (non-hydrogen) atoms. The number of anilines is 3. The van der Waals surface area contributed by atoms with Gasteiger partial charge in [-0.2, -0.15) is 5.26 Å². The summed E-state index contributed by atoms with van der Waals surface area (Å²) in [6.07, 6.45) is 1.69. The zero-order valence-corrected chi connectivity index (χ0v) is 19.5. The number of nitrogens with one attached hydrogen (secondary N) is 1. The van der Waals surface area contributed by atoms with Crippen molar-refractivity contribution >= 4 is 55.4 Å². The Balaban J connectivity index is 1.56. The van der Waals surface area contributed by atoms with Gasteiger partial charge in [-0.05, 0) is 24.6 Å². The molecule has 0 aliphatic carbocycles. The molecule has 5 rings (SSSR count). The number of benzene rings is 1. The topological polar surface area (TPSA) is 144 Å². The quantitative estimate of drug-likeness (QED) is 0.323. The molecule has 0 bridgehead atoms. The number of hydrogen-bond donors (Lipinski definition) is 3. The third-order valence-electron chi connectivity index (χ3n) is 5.21. The third-order valence-corrected chi connectivity index (χ3v) is 7.07. The first kappa shape index (κ1) is 21.5. The number of rotatable bonds is 4. The summed E-state index contributed by atoms with van der Waals surface area (Å²) >= 11 is 2.42. The number of thiophene rings is 1. The fraction of sp³-hybridized carbons (Fsp3) is 0.0417. The van der Waals surface area contributed by atoms with Crippen LogP contribution in [-0.4, -0.2) is 20.9 Å². The number of aryl methyl sites for hydroxylation is 1. The predicted octanol–water partition coefficient (Wildman–Crippen LogP) is 5.08. The Bertz CT molecular complexity index is 1580. The molecule has 0 unspecified atom stereocenters. The second kappa shape index (κ2) is 8.55. The highest BCUT2D eigenvalue weighted by atomic mass is 32.1. The van der Waals surface area contributed by atoms with Gasteiger partial charge in [-0.1, -0.05) is 35.9 Å². The van der Waals surface area contributed by atoms with E-state index in [0.717, 1.165) is 22.5 Å². The first-order chi connectivity index (χ1) is 16.5. The maximum Gasteiger partial charge on any atom is 0.269 e. The van der Waals surface area contributed by atoms with Crippen molar-refractivity contribution in [3.63, 3.8) is 0 Å². The van der Waals surface area contributed by atoms with Gasteiger partial charge in [-0.3, -0.25) is 15.1 Å². The Hall–Kier alpha value is -4.33. The van der Waals surface area contributed by atoms with Crippen LogP contribution in [0.5, 0.6) is 0 Å². The van der Waals surface area contributed by atoms with E-state index in [2.05, 4.69) is 26.3 Å². The first-order valence-corrected chi connectivity index (χ1v) is 11.8. The summed E-state index contributed by atoms with van der Waals surface area (Å²) in [5.41, 5.74) is 16.8. The van der Waals surface area contributed by atoms with E-state index < -0.39 is 5.91 Å². The van der Waals surface area contributed by atoms with Gasteiger partial charge >= 0.3 is 0 Å². The molecular weight excluding hydrogens is 466 g/mol. The maximum atomic E-state index is 13.1. The van der Waals surface area contributed by atoms with Crippen LogP contribution in [0.2, 0.25) is 0 Å². The van der Waals surface area contributed by atoms with E-state index in [-0.39, 0.29) is 21.9 Å². The molecule has 4 aromatic heterocycles. The monoisotopic (exact) mass is 483 g/mol. The lowest BCUT2D eigenvalue weighted by Gasteiger charge is -2.10. The minimum absolute atomic E-state index is 0.0960. The highest BCUT2D eigenvalue weighted by Crippen LogP contribution is 2.43. The van der Waals surface area contributed by atoms with E-state index in [0.29, 0.717) is 32.3 Å². The summed E-state index contributed by atoms with van der Waals surface area (Å²) in [5, 5.41) is 15.4. The van der Waals surface area contributed by atoms with Crippen LogP contribution in [0, 0.1) is 18.3 Å². The molecule has 5 N–H and O–H groups in total. The van der Waals surface area contributed by atoms with Crippen molar-refractivity contribution in [3.8, 4) is 28.6 Å². The van der Waals surface area contributed by atoms with Crippen molar-refractivity contribution in [2.24, 2.45) is 0 Å². The summed E-state index contributed by atoms with van der Waals surface area (Å²) in [7, 11) is 0. The number of pyridine rings is 2. The normalized spacial score (nSPS) is 10.8. The van der Waals surface area contributed by atoms with E-state index in [1.165, 1.54) is 11.3 Å². The lowest BCUT2D eigenvalue weighted by Crippen LogP contribution is -2.11. The van der Waals surface area contributed by atoms with Crippen LogP contribution in [0.4, 0.5) is 16.6 Å². The molecule has 0 saturated heterocycles. The van der Waals surface area contributed by atoms with E-state index in [9.17, 15) is 10.1 Å². The Morgan fingerprint density at radius 3 is 2.59 bits per heavy atom. The minimum Gasteiger partial charge on any atom is -0.397 e. The molecule has 0 radical (unpaired) electrons. The second-order valence-electron chi connectivity index (χ2n) is 7.46. The van der Waals surface area contributed by atoms with Crippen LogP contribution >= 0.6 is 22.7 Å². The molecule has 1 aromatic carbocycles. The number of fused-ring (bicyclic) bond motifs is 1. The molecule has 8 nitrogen and oxygen atoms in total. The molecule has 4 heterocycles. The largest absolute Gasteiger partial charge is 0.397 e. The van der Waals surface area contributed by atoms with Crippen LogP contribution in [-0.2, 0) is 0 Å². The lowest BCUT2D eigenvalue weighted by atomic mass is 9.96. The molecule has 0 saturated carbocycles. The highest BCUT2D eigenvalue weighted by molar-refractivity contribution is 7.21. The summed E-state index contributed by atoms with van der Waals surface area (Å²) in [4.78, 5) is 27.0. The van der Waals surface area contributed by atoms with Crippen molar-refractivity contribution in [2.45, 2.75) is 6.92 Å². The second-order valence-corrected chi connectivity index (χ2v) is 9.31. The van der Waals surface area contributed by atoms with E-state index in [4.69, 9.17) is 11.5 Å². The van der Waals surface area contributed by atoms with Gasteiger partial charge in [0.2, 0.25) is 0 Å². The van der Waals surface area contributed by atoms with Gasteiger partial charge in [0.25, 0.3) is 5.91 Å². The van der Waals surface area contributed by atoms with Gasteiger partial charge < -0.3 is 11.5 Å². The number of thiazole rings is 1. The van der Waals surface area contributed by atoms with Crippen molar-refractivity contribution in [2.75, 3.05) is 16.8 Å². The average Bonchev–Trinajstić information content (AvgIpc) is 3.44. The van der Waals surface area contributed by atoms with Gasteiger partial charge in [0, 0.05) is 22.5 Å². The number of nitrogen functional groups attached to an aromatic ring is 2. The smallest absolute Gasteiger partial charge is 0.269 e. The molecular formula is C24H17N7OS2. The van der Waals surface area contributed by atoms with Crippen LogP contribution < -0.4 is 16.8 Å². The van der Waals surface area contributed by atoms with Crippen molar-refractivity contribution < 1.29 is 4.79 Å². The molecule has 0 aliphatic heterocycles.